The number of aryl methyl sites for hydroxylation is 1. The first-order valence-electron chi connectivity index (χ1n) is 7.87. The Balaban J connectivity index is 1.78. The number of sulfonamides is 1. The molecule has 122 valence electrons. The van der Waals surface area contributed by atoms with Crippen molar-refractivity contribution in [2.75, 3.05) is 24.5 Å². The summed E-state index contributed by atoms with van der Waals surface area (Å²) in [7, 11) is -3.41. The van der Waals surface area contributed by atoms with Gasteiger partial charge >= 0.3 is 0 Å². The molecule has 1 unspecified atom stereocenters. The number of piperazine rings is 1. The summed E-state index contributed by atoms with van der Waals surface area (Å²) in [5.74, 6) is 0. The first-order valence-corrected chi connectivity index (χ1v) is 9.31. The predicted molar refractivity (Wildman–Crippen MR) is 93.2 cm³/mol. The van der Waals surface area contributed by atoms with Crippen molar-refractivity contribution in [3.63, 3.8) is 0 Å². The van der Waals surface area contributed by atoms with Gasteiger partial charge in [-0.2, -0.15) is 4.31 Å². The number of hydrogen-bond donors (Lipinski definition) is 0. The first kappa shape index (κ1) is 16.0. The lowest BCUT2D eigenvalue weighted by atomic mass is 10.2. The van der Waals surface area contributed by atoms with Gasteiger partial charge in [-0.15, -0.1) is 0 Å². The highest BCUT2D eigenvalue weighted by Gasteiger charge is 2.32. The standard InChI is InChI=1S/C18H22N2O2S/c1-15-8-10-18(11-9-15)23(21,22)19-12-13-20(16(2)14-19)17-6-4-3-5-7-17/h3-11,16H,12-14H2,1-2H3. The Labute approximate surface area is 138 Å². The van der Waals surface area contributed by atoms with Crippen LogP contribution in [0.3, 0.4) is 0 Å². The molecule has 1 fully saturated rings. The highest BCUT2D eigenvalue weighted by molar-refractivity contribution is 7.89. The van der Waals surface area contributed by atoms with Crippen molar-refractivity contribution in [2.24, 2.45) is 0 Å². The Morgan fingerprint density at radius 1 is 0.957 bits per heavy atom. The van der Waals surface area contributed by atoms with Crippen LogP contribution in [-0.4, -0.2) is 38.4 Å². The molecule has 3 rings (SSSR count). The van der Waals surface area contributed by atoms with E-state index in [4.69, 9.17) is 0 Å². The third-order valence-electron chi connectivity index (χ3n) is 4.34. The fraction of sp³-hybridized carbons (Fsp3) is 0.333. The van der Waals surface area contributed by atoms with Gasteiger partial charge in [0.15, 0.2) is 0 Å². The van der Waals surface area contributed by atoms with Crippen LogP contribution in [0, 0.1) is 6.92 Å². The molecule has 1 saturated heterocycles. The summed E-state index contributed by atoms with van der Waals surface area (Å²) in [5.41, 5.74) is 2.21. The monoisotopic (exact) mass is 330 g/mol. The van der Waals surface area contributed by atoms with E-state index in [1.165, 1.54) is 0 Å². The van der Waals surface area contributed by atoms with Crippen molar-refractivity contribution in [3.05, 3.63) is 60.2 Å². The van der Waals surface area contributed by atoms with E-state index in [0.29, 0.717) is 24.5 Å². The third-order valence-corrected chi connectivity index (χ3v) is 6.22. The highest BCUT2D eigenvalue weighted by atomic mass is 32.2. The topological polar surface area (TPSA) is 40.6 Å². The van der Waals surface area contributed by atoms with Gasteiger partial charge < -0.3 is 4.90 Å². The Morgan fingerprint density at radius 2 is 1.61 bits per heavy atom. The molecule has 1 aliphatic heterocycles. The fourth-order valence-electron chi connectivity index (χ4n) is 3.00. The van der Waals surface area contributed by atoms with Crippen molar-refractivity contribution in [1.82, 2.24) is 4.31 Å². The van der Waals surface area contributed by atoms with Crippen LogP contribution in [0.4, 0.5) is 5.69 Å². The van der Waals surface area contributed by atoms with E-state index in [2.05, 4.69) is 24.0 Å². The minimum absolute atomic E-state index is 0.145. The molecule has 23 heavy (non-hydrogen) atoms. The molecule has 2 aromatic carbocycles. The summed E-state index contributed by atoms with van der Waals surface area (Å²) in [6.07, 6.45) is 0. The predicted octanol–water partition coefficient (Wildman–Crippen LogP) is 2.89. The van der Waals surface area contributed by atoms with E-state index >= 15 is 0 Å². The Kier molecular flexibility index (Phi) is 4.41. The largest absolute Gasteiger partial charge is 0.366 e. The lowest BCUT2D eigenvalue weighted by molar-refractivity contribution is 0.342. The van der Waals surface area contributed by atoms with Crippen LogP contribution in [0.25, 0.3) is 0 Å². The van der Waals surface area contributed by atoms with Gasteiger partial charge in [0.2, 0.25) is 10.0 Å². The maximum absolute atomic E-state index is 12.8. The van der Waals surface area contributed by atoms with Gasteiger partial charge in [-0.25, -0.2) is 8.42 Å². The van der Waals surface area contributed by atoms with Gasteiger partial charge in [-0.05, 0) is 38.1 Å². The number of anilines is 1. The van der Waals surface area contributed by atoms with E-state index in [0.717, 1.165) is 11.3 Å². The maximum Gasteiger partial charge on any atom is 0.243 e. The van der Waals surface area contributed by atoms with Crippen molar-refractivity contribution in [3.8, 4) is 0 Å². The first-order chi connectivity index (χ1) is 11.0. The summed E-state index contributed by atoms with van der Waals surface area (Å²) >= 11 is 0. The lowest BCUT2D eigenvalue weighted by Crippen LogP contribution is -2.53. The second-order valence-corrected chi connectivity index (χ2v) is 7.99. The van der Waals surface area contributed by atoms with Crippen LogP contribution in [0.15, 0.2) is 59.5 Å². The molecule has 0 bridgehead atoms. The normalized spacial score (nSPS) is 19.7. The zero-order valence-electron chi connectivity index (χ0n) is 13.5. The smallest absolute Gasteiger partial charge is 0.243 e. The minimum atomic E-state index is -3.41. The quantitative estimate of drug-likeness (QED) is 0.869. The van der Waals surface area contributed by atoms with Crippen LogP contribution >= 0.6 is 0 Å². The van der Waals surface area contributed by atoms with Gasteiger partial charge in [0.1, 0.15) is 0 Å². The molecule has 0 aromatic heterocycles. The van der Waals surface area contributed by atoms with Crippen LogP contribution in [0.1, 0.15) is 12.5 Å². The van der Waals surface area contributed by atoms with Gasteiger partial charge in [0, 0.05) is 31.4 Å². The molecule has 0 spiro atoms. The van der Waals surface area contributed by atoms with E-state index in [1.54, 1.807) is 16.4 Å². The highest BCUT2D eigenvalue weighted by Crippen LogP contribution is 2.24. The molecule has 1 aliphatic rings. The molecular formula is C18H22N2O2S. The number of rotatable bonds is 3. The molecular weight excluding hydrogens is 308 g/mol. The lowest BCUT2D eigenvalue weighted by Gasteiger charge is -2.40. The van der Waals surface area contributed by atoms with E-state index < -0.39 is 10.0 Å². The number of nitrogens with zero attached hydrogens (tertiary/aromatic N) is 2. The van der Waals surface area contributed by atoms with Gasteiger partial charge in [0.25, 0.3) is 0 Å². The summed E-state index contributed by atoms with van der Waals surface area (Å²) in [4.78, 5) is 2.64. The number of para-hydroxylation sites is 1. The molecule has 1 atom stereocenters. The van der Waals surface area contributed by atoms with Gasteiger partial charge in [0.05, 0.1) is 4.90 Å². The van der Waals surface area contributed by atoms with Crippen LogP contribution < -0.4 is 4.90 Å². The molecule has 0 radical (unpaired) electrons. The summed E-state index contributed by atoms with van der Waals surface area (Å²) in [6.45, 7) is 5.75. The summed E-state index contributed by atoms with van der Waals surface area (Å²) < 4.78 is 27.2. The molecule has 0 amide bonds. The Bertz CT molecular complexity index is 757. The number of hydrogen-bond acceptors (Lipinski definition) is 3. The van der Waals surface area contributed by atoms with Crippen LogP contribution in [0.5, 0.6) is 0 Å². The molecule has 4 nitrogen and oxygen atoms in total. The molecule has 0 N–H and O–H groups in total. The molecule has 5 heteroatoms. The SMILES string of the molecule is Cc1ccc(S(=O)(=O)N2CCN(c3ccccc3)C(C)C2)cc1. The van der Waals surface area contributed by atoms with Gasteiger partial charge in [-0.1, -0.05) is 35.9 Å². The second kappa shape index (κ2) is 6.34. The zero-order valence-corrected chi connectivity index (χ0v) is 14.3. The second-order valence-electron chi connectivity index (χ2n) is 6.05. The van der Waals surface area contributed by atoms with Crippen LogP contribution in [-0.2, 0) is 10.0 Å². The average Bonchev–Trinajstić information content (AvgIpc) is 2.56. The van der Waals surface area contributed by atoms with Crippen molar-refractivity contribution in [1.29, 1.82) is 0 Å². The molecule has 2 aromatic rings. The zero-order chi connectivity index (χ0) is 16.4. The minimum Gasteiger partial charge on any atom is -0.366 e. The third kappa shape index (κ3) is 3.26. The van der Waals surface area contributed by atoms with E-state index in [9.17, 15) is 8.42 Å². The molecule has 0 saturated carbocycles. The Morgan fingerprint density at radius 3 is 2.22 bits per heavy atom. The summed E-state index contributed by atoms with van der Waals surface area (Å²) in [6, 6.07) is 17.4. The van der Waals surface area contributed by atoms with Crippen molar-refractivity contribution >= 4 is 15.7 Å². The maximum atomic E-state index is 12.8. The fourth-order valence-corrected chi connectivity index (χ4v) is 4.52. The van der Waals surface area contributed by atoms with Gasteiger partial charge in [-0.3, -0.25) is 0 Å². The molecule has 1 heterocycles. The van der Waals surface area contributed by atoms with E-state index in [1.807, 2.05) is 37.3 Å². The Hall–Kier alpha value is -1.85. The van der Waals surface area contributed by atoms with Crippen LogP contribution in [0.2, 0.25) is 0 Å². The van der Waals surface area contributed by atoms with E-state index in [-0.39, 0.29) is 6.04 Å². The molecule has 0 aliphatic carbocycles. The average molecular weight is 330 g/mol. The number of benzene rings is 2. The summed E-state index contributed by atoms with van der Waals surface area (Å²) in [5, 5.41) is 0. The van der Waals surface area contributed by atoms with Crippen molar-refractivity contribution < 1.29 is 8.42 Å². The van der Waals surface area contributed by atoms with Crippen molar-refractivity contribution in [2.45, 2.75) is 24.8 Å².